The first-order valence-electron chi connectivity index (χ1n) is 7.91. The van der Waals surface area contributed by atoms with Gasteiger partial charge in [0.1, 0.15) is 0 Å². The minimum absolute atomic E-state index is 0.0353. The predicted molar refractivity (Wildman–Crippen MR) is 88.3 cm³/mol. The molecule has 0 aliphatic heterocycles. The van der Waals surface area contributed by atoms with Crippen LogP contribution in [0.3, 0.4) is 0 Å². The fourth-order valence-corrected chi connectivity index (χ4v) is 2.74. The van der Waals surface area contributed by atoms with Crippen molar-refractivity contribution in [3.63, 3.8) is 0 Å². The molecule has 4 nitrogen and oxygen atoms in total. The van der Waals surface area contributed by atoms with Crippen molar-refractivity contribution in [3.05, 3.63) is 71.8 Å². The summed E-state index contributed by atoms with van der Waals surface area (Å²) in [5, 5.41) is 0. The second-order valence-corrected chi connectivity index (χ2v) is 5.88. The van der Waals surface area contributed by atoms with E-state index >= 15 is 0 Å². The first kappa shape index (κ1) is 15.3. The molecule has 1 aliphatic rings. The van der Waals surface area contributed by atoms with Crippen LogP contribution in [0.5, 0.6) is 0 Å². The minimum atomic E-state index is -0.167. The van der Waals surface area contributed by atoms with E-state index < -0.39 is 0 Å². The zero-order valence-electron chi connectivity index (χ0n) is 12.9. The summed E-state index contributed by atoms with van der Waals surface area (Å²) in [7, 11) is 0. The van der Waals surface area contributed by atoms with Gasteiger partial charge in [-0.25, -0.2) is 0 Å². The third kappa shape index (κ3) is 4.19. The van der Waals surface area contributed by atoms with E-state index in [-0.39, 0.29) is 23.7 Å². The van der Waals surface area contributed by atoms with Gasteiger partial charge in [0, 0.05) is 12.3 Å². The van der Waals surface area contributed by atoms with Crippen LogP contribution < -0.4 is 10.9 Å². The molecule has 118 valence electrons. The molecule has 0 heterocycles. The highest BCUT2D eigenvalue weighted by Gasteiger charge is 2.43. The van der Waals surface area contributed by atoms with Crippen molar-refractivity contribution in [2.45, 2.75) is 25.2 Å². The molecule has 2 N–H and O–H groups in total. The molecular weight excluding hydrogens is 288 g/mol. The molecule has 2 aromatic rings. The monoisotopic (exact) mass is 308 g/mol. The van der Waals surface area contributed by atoms with Crippen LogP contribution >= 0.6 is 0 Å². The summed E-state index contributed by atoms with van der Waals surface area (Å²) in [6.07, 6.45) is 1.87. The molecule has 3 rings (SSSR count). The van der Waals surface area contributed by atoms with Gasteiger partial charge < -0.3 is 0 Å². The normalized spacial score (nSPS) is 19.0. The molecule has 2 amide bonds. The van der Waals surface area contributed by atoms with Gasteiger partial charge in [-0.1, -0.05) is 60.7 Å². The van der Waals surface area contributed by atoms with Crippen LogP contribution in [0.4, 0.5) is 0 Å². The van der Waals surface area contributed by atoms with Crippen molar-refractivity contribution >= 4 is 11.8 Å². The Bertz CT molecular complexity index is 670. The van der Waals surface area contributed by atoms with E-state index in [9.17, 15) is 9.59 Å². The molecule has 4 heteroatoms. The molecule has 0 bridgehead atoms. The van der Waals surface area contributed by atoms with Gasteiger partial charge in [-0.15, -0.1) is 0 Å². The molecule has 2 atom stereocenters. The fraction of sp³-hybridized carbons (Fsp3) is 0.263. The molecule has 1 saturated carbocycles. The summed E-state index contributed by atoms with van der Waals surface area (Å²) in [5.41, 5.74) is 7.34. The Balaban J connectivity index is 1.39. The highest BCUT2D eigenvalue weighted by Crippen LogP contribution is 2.47. The smallest absolute Gasteiger partial charge is 0.242 e. The topological polar surface area (TPSA) is 58.2 Å². The number of hydrazine groups is 1. The van der Waals surface area contributed by atoms with Crippen LogP contribution in [0.15, 0.2) is 60.7 Å². The minimum Gasteiger partial charge on any atom is -0.273 e. The maximum atomic E-state index is 12.0. The first-order chi connectivity index (χ1) is 11.2. The van der Waals surface area contributed by atoms with Crippen LogP contribution in [0, 0.1) is 5.92 Å². The number of carbonyl (C=O) groups is 2. The molecule has 23 heavy (non-hydrogen) atoms. The lowest BCUT2D eigenvalue weighted by molar-refractivity contribution is -0.129. The van der Waals surface area contributed by atoms with Gasteiger partial charge in [0.15, 0.2) is 0 Å². The van der Waals surface area contributed by atoms with Crippen molar-refractivity contribution in [2.75, 3.05) is 0 Å². The van der Waals surface area contributed by atoms with Gasteiger partial charge in [0.25, 0.3) is 0 Å². The number of benzene rings is 2. The summed E-state index contributed by atoms with van der Waals surface area (Å²) >= 11 is 0. The van der Waals surface area contributed by atoms with Crippen LogP contribution in [-0.4, -0.2) is 11.8 Å². The van der Waals surface area contributed by atoms with Gasteiger partial charge in [-0.2, -0.15) is 0 Å². The summed E-state index contributed by atoms with van der Waals surface area (Å²) < 4.78 is 0. The van der Waals surface area contributed by atoms with Gasteiger partial charge in [0.05, 0.1) is 0 Å². The molecule has 1 fully saturated rings. The lowest BCUT2D eigenvalue weighted by Gasteiger charge is -2.07. The highest BCUT2D eigenvalue weighted by atomic mass is 16.2. The average Bonchev–Trinajstić information content (AvgIpc) is 3.40. The standard InChI is InChI=1S/C19H20N2O2/c22-18(12-11-14-7-3-1-4-8-14)20-21-19(23)17-13-16(17)15-9-5-2-6-10-15/h1-10,16-17H,11-13H2,(H,20,22)(H,21,23)/t16-,17+/m0/s1. The van der Waals surface area contributed by atoms with E-state index in [1.807, 2.05) is 60.7 Å². The number of amides is 2. The largest absolute Gasteiger partial charge is 0.273 e. The highest BCUT2D eigenvalue weighted by molar-refractivity contribution is 5.86. The number of aryl methyl sites for hydroxylation is 1. The number of hydrogen-bond acceptors (Lipinski definition) is 2. The Labute approximate surface area is 135 Å². The molecule has 2 aromatic carbocycles. The van der Waals surface area contributed by atoms with Crippen LogP contribution in [0.2, 0.25) is 0 Å². The Morgan fingerprint density at radius 3 is 2.26 bits per heavy atom. The second-order valence-electron chi connectivity index (χ2n) is 5.88. The summed E-state index contributed by atoms with van der Waals surface area (Å²) in [5.74, 6) is -0.0322. The maximum absolute atomic E-state index is 12.0. The van der Waals surface area contributed by atoms with Crippen molar-refractivity contribution in [1.29, 1.82) is 0 Å². The van der Waals surface area contributed by atoms with Crippen molar-refractivity contribution < 1.29 is 9.59 Å². The predicted octanol–water partition coefficient (Wildman–Crippen LogP) is 2.57. The lowest BCUT2D eigenvalue weighted by Crippen LogP contribution is -2.42. The molecule has 0 aromatic heterocycles. The van der Waals surface area contributed by atoms with E-state index in [0.717, 1.165) is 12.0 Å². The van der Waals surface area contributed by atoms with Gasteiger partial charge in [0.2, 0.25) is 11.8 Å². The van der Waals surface area contributed by atoms with Gasteiger partial charge in [-0.3, -0.25) is 20.4 Å². The van der Waals surface area contributed by atoms with Crippen molar-refractivity contribution in [1.82, 2.24) is 10.9 Å². The average molecular weight is 308 g/mol. The van der Waals surface area contributed by atoms with Gasteiger partial charge >= 0.3 is 0 Å². The quantitative estimate of drug-likeness (QED) is 0.834. The van der Waals surface area contributed by atoms with E-state index in [0.29, 0.717) is 12.8 Å². The van der Waals surface area contributed by atoms with Gasteiger partial charge in [-0.05, 0) is 29.9 Å². The summed E-state index contributed by atoms with van der Waals surface area (Å²) in [6.45, 7) is 0. The molecule has 1 aliphatic carbocycles. The first-order valence-corrected chi connectivity index (χ1v) is 7.91. The summed E-state index contributed by atoms with van der Waals surface area (Å²) in [6, 6.07) is 19.8. The van der Waals surface area contributed by atoms with Crippen LogP contribution in [0.1, 0.15) is 29.9 Å². The Kier molecular flexibility index (Phi) is 4.71. The Morgan fingerprint density at radius 1 is 0.913 bits per heavy atom. The molecule has 0 saturated heterocycles. The number of carbonyl (C=O) groups excluding carboxylic acids is 2. The molecular formula is C19H20N2O2. The van der Waals surface area contributed by atoms with Crippen molar-refractivity contribution in [3.8, 4) is 0 Å². The maximum Gasteiger partial charge on any atom is 0.242 e. The Hall–Kier alpha value is -2.62. The number of rotatable bonds is 5. The lowest BCUT2D eigenvalue weighted by atomic mass is 10.1. The fourth-order valence-electron chi connectivity index (χ4n) is 2.74. The van der Waals surface area contributed by atoms with Crippen molar-refractivity contribution in [2.24, 2.45) is 5.92 Å². The molecule has 0 radical (unpaired) electrons. The SMILES string of the molecule is O=C(CCc1ccccc1)NNC(=O)[C@@H]1C[C@H]1c1ccccc1. The number of nitrogens with one attached hydrogen (secondary N) is 2. The third-order valence-electron chi connectivity index (χ3n) is 4.16. The van der Waals surface area contributed by atoms with E-state index in [1.165, 1.54) is 5.56 Å². The zero-order chi connectivity index (χ0) is 16.1. The second kappa shape index (κ2) is 7.09. The number of hydrogen-bond donors (Lipinski definition) is 2. The Morgan fingerprint density at radius 2 is 1.57 bits per heavy atom. The third-order valence-corrected chi connectivity index (χ3v) is 4.16. The zero-order valence-corrected chi connectivity index (χ0v) is 12.9. The summed E-state index contributed by atoms with van der Waals surface area (Å²) in [4.78, 5) is 23.8. The van der Waals surface area contributed by atoms with Crippen LogP contribution in [0.25, 0.3) is 0 Å². The van der Waals surface area contributed by atoms with E-state index in [1.54, 1.807) is 0 Å². The molecule has 0 unspecified atom stereocenters. The molecule has 0 spiro atoms. The van der Waals surface area contributed by atoms with E-state index in [4.69, 9.17) is 0 Å². The van der Waals surface area contributed by atoms with E-state index in [2.05, 4.69) is 10.9 Å². The van der Waals surface area contributed by atoms with Crippen LogP contribution in [-0.2, 0) is 16.0 Å².